The van der Waals surface area contributed by atoms with Gasteiger partial charge in [0.15, 0.2) is 0 Å². The summed E-state index contributed by atoms with van der Waals surface area (Å²) in [6, 6.07) is 5.29. The highest BCUT2D eigenvalue weighted by atomic mass is 32.2. The molecule has 118 valence electrons. The van der Waals surface area contributed by atoms with Crippen LogP contribution in [0.25, 0.3) is 0 Å². The van der Waals surface area contributed by atoms with Gasteiger partial charge in [-0.05, 0) is 30.0 Å². The summed E-state index contributed by atoms with van der Waals surface area (Å²) in [5, 5.41) is 0. The van der Waals surface area contributed by atoms with E-state index in [2.05, 4.69) is 0 Å². The van der Waals surface area contributed by atoms with E-state index >= 15 is 0 Å². The third kappa shape index (κ3) is 4.10. The minimum Gasteiger partial charge on any atom is -0.398 e. The molecule has 1 heterocycles. The number of hydrogen-bond acceptors (Lipinski definition) is 3. The van der Waals surface area contributed by atoms with Crippen molar-refractivity contribution in [1.82, 2.24) is 4.31 Å². The molecule has 8 heteroatoms. The molecule has 0 saturated carbocycles. The van der Waals surface area contributed by atoms with E-state index in [1.165, 1.54) is 4.31 Å². The topological polar surface area (TPSA) is 63.4 Å². The molecule has 1 aliphatic heterocycles. The molecule has 0 aromatic heterocycles. The lowest BCUT2D eigenvalue weighted by Gasteiger charge is -2.28. The second-order valence-corrected chi connectivity index (χ2v) is 7.19. The summed E-state index contributed by atoms with van der Waals surface area (Å²) in [4.78, 5) is 0. The van der Waals surface area contributed by atoms with E-state index in [0.29, 0.717) is 12.1 Å². The molecule has 0 radical (unpaired) electrons. The second-order valence-electron chi connectivity index (χ2n) is 5.10. The molecule has 2 N–H and O–H groups in total. The molecule has 21 heavy (non-hydrogen) atoms. The molecule has 0 spiro atoms. The molecule has 0 saturated heterocycles. The third-order valence-electron chi connectivity index (χ3n) is 3.52. The Morgan fingerprint density at radius 1 is 1.29 bits per heavy atom. The van der Waals surface area contributed by atoms with Crippen LogP contribution < -0.4 is 5.73 Å². The number of rotatable bonds is 4. The minimum absolute atomic E-state index is 0.175. The number of hydrogen-bond donors (Lipinski definition) is 1. The molecular weight excluding hydrogens is 305 g/mol. The van der Waals surface area contributed by atoms with Crippen LogP contribution in [0.15, 0.2) is 18.2 Å². The average molecular weight is 322 g/mol. The van der Waals surface area contributed by atoms with E-state index in [-0.39, 0.29) is 13.1 Å². The first-order valence-electron chi connectivity index (χ1n) is 6.60. The van der Waals surface area contributed by atoms with Crippen molar-refractivity contribution >= 4 is 15.7 Å². The monoisotopic (exact) mass is 322 g/mol. The fourth-order valence-corrected chi connectivity index (χ4v) is 3.91. The van der Waals surface area contributed by atoms with Gasteiger partial charge in [-0.1, -0.05) is 12.1 Å². The van der Waals surface area contributed by atoms with Crippen molar-refractivity contribution in [3.05, 3.63) is 29.3 Å². The normalized spacial score (nSPS) is 16.7. The number of nitrogen functional groups attached to an aromatic ring is 1. The zero-order valence-corrected chi connectivity index (χ0v) is 12.2. The number of anilines is 1. The SMILES string of the molecule is Nc1cccc2c1CCN(S(=O)(=O)CCCC(F)(F)F)C2. The molecule has 4 nitrogen and oxygen atoms in total. The highest BCUT2D eigenvalue weighted by Crippen LogP contribution is 2.27. The van der Waals surface area contributed by atoms with Gasteiger partial charge in [-0.3, -0.25) is 0 Å². The van der Waals surface area contributed by atoms with Gasteiger partial charge in [0.2, 0.25) is 10.0 Å². The Bertz CT molecular complexity index is 614. The molecule has 0 atom stereocenters. The van der Waals surface area contributed by atoms with Crippen LogP contribution in [-0.2, 0) is 23.0 Å². The van der Waals surface area contributed by atoms with E-state index in [4.69, 9.17) is 5.73 Å². The van der Waals surface area contributed by atoms with Crippen LogP contribution in [0.5, 0.6) is 0 Å². The molecule has 0 unspecified atom stereocenters. The number of nitrogens with zero attached hydrogens (tertiary/aromatic N) is 1. The fourth-order valence-electron chi connectivity index (χ4n) is 2.43. The number of benzene rings is 1. The van der Waals surface area contributed by atoms with E-state index in [0.717, 1.165) is 11.1 Å². The standard InChI is InChI=1S/C13H17F3N2O2S/c14-13(15,16)6-2-8-21(19,20)18-7-5-11-10(9-18)3-1-4-12(11)17/h1,3-4H,2,5-9,17H2. The second kappa shape index (κ2) is 5.84. The molecule has 0 fully saturated rings. The van der Waals surface area contributed by atoms with Gasteiger partial charge in [-0.2, -0.15) is 17.5 Å². The molecule has 1 aromatic carbocycles. The Hall–Kier alpha value is -1.28. The maximum absolute atomic E-state index is 12.1. The molecule has 0 bridgehead atoms. The Morgan fingerprint density at radius 2 is 2.00 bits per heavy atom. The van der Waals surface area contributed by atoms with Crippen molar-refractivity contribution in [3.8, 4) is 0 Å². The van der Waals surface area contributed by atoms with Crippen molar-refractivity contribution in [2.24, 2.45) is 0 Å². The van der Waals surface area contributed by atoms with Gasteiger partial charge in [-0.15, -0.1) is 0 Å². The minimum atomic E-state index is -4.32. The number of nitrogens with two attached hydrogens (primary N) is 1. The van der Waals surface area contributed by atoms with Gasteiger partial charge < -0.3 is 5.73 Å². The van der Waals surface area contributed by atoms with Gasteiger partial charge in [-0.25, -0.2) is 8.42 Å². The van der Waals surface area contributed by atoms with Crippen molar-refractivity contribution in [2.75, 3.05) is 18.0 Å². The van der Waals surface area contributed by atoms with Crippen LogP contribution >= 0.6 is 0 Å². The van der Waals surface area contributed by atoms with Crippen molar-refractivity contribution in [3.63, 3.8) is 0 Å². The van der Waals surface area contributed by atoms with Crippen molar-refractivity contribution in [1.29, 1.82) is 0 Å². The summed E-state index contributed by atoms with van der Waals surface area (Å²) in [5.74, 6) is -0.482. The van der Waals surface area contributed by atoms with E-state index < -0.39 is 34.8 Å². The fraction of sp³-hybridized carbons (Fsp3) is 0.538. The van der Waals surface area contributed by atoms with Crippen LogP contribution in [0.2, 0.25) is 0 Å². The molecule has 2 rings (SSSR count). The number of sulfonamides is 1. The summed E-state index contributed by atoms with van der Waals surface area (Å²) >= 11 is 0. The maximum atomic E-state index is 12.1. The Labute approximate surface area is 121 Å². The summed E-state index contributed by atoms with van der Waals surface area (Å²) in [5.41, 5.74) is 8.21. The molecule has 1 aromatic rings. The Kier molecular flexibility index (Phi) is 4.48. The first kappa shape index (κ1) is 16.1. The first-order chi connectivity index (χ1) is 9.69. The largest absolute Gasteiger partial charge is 0.398 e. The molecule has 0 aliphatic carbocycles. The quantitative estimate of drug-likeness (QED) is 0.865. The predicted octanol–water partition coefficient (Wildman–Crippen LogP) is 2.30. The van der Waals surface area contributed by atoms with Crippen molar-refractivity contribution in [2.45, 2.75) is 32.0 Å². The Balaban J connectivity index is 2.03. The lowest BCUT2D eigenvalue weighted by atomic mass is 9.99. The maximum Gasteiger partial charge on any atom is 0.389 e. The van der Waals surface area contributed by atoms with Gasteiger partial charge in [0, 0.05) is 25.2 Å². The molecule has 0 amide bonds. The van der Waals surface area contributed by atoms with Gasteiger partial charge in [0.1, 0.15) is 0 Å². The third-order valence-corrected chi connectivity index (χ3v) is 5.43. The van der Waals surface area contributed by atoms with Crippen LogP contribution in [-0.4, -0.2) is 31.2 Å². The number of halogens is 3. The summed E-state index contributed by atoms with van der Waals surface area (Å²) < 4.78 is 61.7. The zero-order valence-electron chi connectivity index (χ0n) is 11.4. The lowest BCUT2D eigenvalue weighted by Crippen LogP contribution is -2.37. The molecule has 1 aliphatic rings. The number of alkyl halides is 3. The molecular formula is C13H17F3N2O2S. The van der Waals surface area contributed by atoms with E-state index in [1.807, 2.05) is 0 Å². The average Bonchev–Trinajstić information content (AvgIpc) is 2.37. The Morgan fingerprint density at radius 3 is 2.67 bits per heavy atom. The van der Waals surface area contributed by atoms with Crippen LogP contribution in [0.1, 0.15) is 24.0 Å². The highest BCUT2D eigenvalue weighted by molar-refractivity contribution is 7.89. The van der Waals surface area contributed by atoms with Crippen molar-refractivity contribution < 1.29 is 21.6 Å². The highest BCUT2D eigenvalue weighted by Gasteiger charge is 2.30. The van der Waals surface area contributed by atoms with Gasteiger partial charge in [0.25, 0.3) is 0 Å². The van der Waals surface area contributed by atoms with E-state index in [1.54, 1.807) is 18.2 Å². The lowest BCUT2D eigenvalue weighted by molar-refractivity contribution is -0.134. The smallest absolute Gasteiger partial charge is 0.389 e. The summed E-state index contributed by atoms with van der Waals surface area (Å²) in [6.45, 7) is 0.435. The van der Waals surface area contributed by atoms with Crippen LogP contribution in [0, 0.1) is 0 Å². The van der Waals surface area contributed by atoms with E-state index in [9.17, 15) is 21.6 Å². The van der Waals surface area contributed by atoms with Gasteiger partial charge >= 0.3 is 6.18 Å². The summed E-state index contributed by atoms with van der Waals surface area (Å²) in [6.07, 6.45) is -5.32. The first-order valence-corrected chi connectivity index (χ1v) is 8.21. The number of fused-ring (bicyclic) bond motifs is 1. The zero-order chi connectivity index (χ0) is 15.7. The summed E-state index contributed by atoms with van der Waals surface area (Å²) in [7, 11) is -3.67. The van der Waals surface area contributed by atoms with Crippen LogP contribution in [0.4, 0.5) is 18.9 Å². The predicted molar refractivity (Wildman–Crippen MR) is 74.0 cm³/mol. The van der Waals surface area contributed by atoms with Gasteiger partial charge in [0.05, 0.1) is 5.75 Å². The van der Waals surface area contributed by atoms with Crippen LogP contribution in [0.3, 0.4) is 0 Å².